The average Bonchev–Trinajstić information content (AvgIpc) is 2.20. The molecule has 0 aromatic rings. The highest BCUT2D eigenvalue weighted by atomic mass is 31.2. The lowest BCUT2D eigenvalue weighted by atomic mass is 9.91. The first kappa shape index (κ1) is 13.1. The van der Waals surface area contributed by atoms with Crippen LogP contribution in [0.2, 0.25) is 0 Å². The van der Waals surface area contributed by atoms with Crippen LogP contribution < -0.4 is 10.6 Å². The van der Waals surface area contributed by atoms with Crippen molar-refractivity contribution in [3.8, 4) is 0 Å². The fraction of sp³-hybridized carbons (Fsp3) is 1.00. The van der Waals surface area contributed by atoms with Gasteiger partial charge in [-0.2, -0.15) is 0 Å². The summed E-state index contributed by atoms with van der Waals surface area (Å²) in [7, 11) is -4.11. The van der Waals surface area contributed by atoms with Gasteiger partial charge in [0.1, 0.15) is 0 Å². The molecule has 1 heterocycles. The molecule has 0 amide bonds. The van der Waals surface area contributed by atoms with Crippen molar-refractivity contribution in [3.05, 3.63) is 0 Å². The lowest BCUT2D eigenvalue weighted by Crippen LogP contribution is -2.56. The summed E-state index contributed by atoms with van der Waals surface area (Å²) in [6.07, 6.45) is 0.924. The molecule has 1 fully saturated rings. The molecule has 1 unspecified atom stereocenters. The quantitative estimate of drug-likeness (QED) is 0.612. The van der Waals surface area contributed by atoms with Crippen molar-refractivity contribution < 1.29 is 14.4 Å². The van der Waals surface area contributed by atoms with E-state index in [-0.39, 0.29) is 6.04 Å². The van der Waals surface area contributed by atoms with Crippen molar-refractivity contribution in [2.75, 3.05) is 19.6 Å². The van der Waals surface area contributed by atoms with Gasteiger partial charge in [-0.25, -0.2) is 5.32 Å². The second-order valence-corrected chi connectivity index (χ2v) is 5.96. The molecule has 89 valence electrons. The molecule has 0 spiro atoms. The van der Waals surface area contributed by atoms with E-state index in [1.54, 1.807) is 0 Å². The summed E-state index contributed by atoms with van der Waals surface area (Å²) in [5.41, 5.74) is 0. The van der Waals surface area contributed by atoms with Crippen molar-refractivity contribution in [1.29, 1.82) is 0 Å². The molecular weight excluding hydrogens is 215 g/mol. The molecule has 1 rings (SSSR count). The Morgan fingerprint density at radius 2 is 2.07 bits per heavy atom. The Kier molecular flexibility index (Phi) is 4.32. The number of hydrogen-bond donors (Lipinski definition) is 3. The summed E-state index contributed by atoms with van der Waals surface area (Å²) >= 11 is 0. The van der Waals surface area contributed by atoms with Gasteiger partial charge in [-0.3, -0.25) is 4.57 Å². The highest BCUT2D eigenvalue weighted by Crippen LogP contribution is 2.56. The van der Waals surface area contributed by atoms with Crippen LogP contribution in [-0.4, -0.2) is 40.6 Å². The van der Waals surface area contributed by atoms with Crippen LogP contribution >= 0.6 is 7.60 Å². The molecule has 1 radical (unpaired) electrons. The maximum atomic E-state index is 11.6. The summed E-state index contributed by atoms with van der Waals surface area (Å²) in [5, 5.41) is 6.53. The molecule has 6 heteroatoms. The molecule has 0 bridgehead atoms. The Balaban J connectivity index is 2.93. The van der Waals surface area contributed by atoms with Gasteiger partial charge < -0.3 is 15.1 Å². The molecule has 3 N–H and O–H groups in total. The topological polar surface area (TPSA) is 83.7 Å². The predicted molar refractivity (Wildman–Crippen MR) is 59.0 cm³/mol. The summed E-state index contributed by atoms with van der Waals surface area (Å²) in [5.74, 6) is 0. The molecule has 1 aliphatic rings. The van der Waals surface area contributed by atoms with Crippen molar-refractivity contribution in [2.45, 2.75) is 37.9 Å². The lowest BCUT2D eigenvalue weighted by molar-refractivity contribution is 0.247. The number of rotatable bonds is 4. The standard InChI is InChI=1S/C9H20N2O3P/c1-3-9(4-2,15(12,13)14)8-7-10-5-6-11-8/h8,10H,3-7H2,1-2H3,(H2,12,13,14). The Hall–Kier alpha value is 0.0700. The number of nitrogens with zero attached hydrogens (tertiary/aromatic N) is 1. The summed E-state index contributed by atoms with van der Waals surface area (Å²) in [6, 6.07) is -0.262. The van der Waals surface area contributed by atoms with E-state index in [0.717, 1.165) is 6.54 Å². The maximum absolute atomic E-state index is 11.6. The Morgan fingerprint density at radius 3 is 2.40 bits per heavy atom. The van der Waals surface area contributed by atoms with Gasteiger partial charge in [0.25, 0.3) is 0 Å². The summed E-state index contributed by atoms with van der Waals surface area (Å²) in [6.45, 7) is 5.68. The van der Waals surface area contributed by atoms with E-state index >= 15 is 0 Å². The molecule has 0 saturated carbocycles. The Labute approximate surface area is 90.8 Å². The van der Waals surface area contributed by atoms with Gasteiger partial charge in [0.2, 0.25) is 0 Å². The lowest BCUT2D eigenvalue weighted by Gasteiger charge is -2.41. The second-order valence-electron chi connectivity index (χ2n) is 3.98. The largest absolute Gasteiger partial charge is 0.333 e. The van der Waals surface area contributed by atoms with Crippen LogP contribution in [0.15, 0.2) is 0 Å². The van der Waals surface area contributed by atoms with E-state index in [1.165, 1.54) is 0 Å². The maximum Gasteiger partial charge on any atom is 0.333 e. The minimum atomic E-state index is -4.11. The van der Waals surface area contributed by atoms with E-state index < -0.39 is 12.8 Å². The van der Waals surface area contributed by atoms with Crippen molar-refractivity contribution in [2.24, 2.45) is 0 Å². The molecule has 5 nitrogen and oxygen atoms in total. The van der Waals surface area contributed by atoms with Gasteiger partial charge in [0, 0.05) is 19.6 Å². The SMILES string of the molecule is CCC(CC)(C1CNCC[N]1)P(=O)(O)O. The molecule has 1 atom stereocenters. The molecule has 1 aliphatic heterocycles. The number of piperazine rings is 1. The predicted octanol–water partition coefficient (Wildman–Crippen LogP) is 0.299. The number of hydrogen-bond acceptors (Lipinski definition) is 2. The Morgan fingerprint density at radius 1 is 1.47 bits per heavy atom. The minimum Gasteiger partial charge on any atom is -0.324 e. The molecule has 15 heavy (non-hydrogen) atoms. The van der Waals surface area contributed by atoms with Gasteiger partial charge >= 0.3 is 7.60 Å². The van der Waals surface area contributed by atoms with Gasteiger partial charge in [-0.1, -0.05) is 13.8 Å². The zero-order valence-electron chi connectivity index (χ0n) is 9.31. The van der Waals surface area contributed by atoms with E-state index in [2.05, 4.69) is 10.6 Å². The van der Waals surface area contributed by atoms with Crippen molar-refractivity contribution >= 4 is 7.60 Å². The van der Waals surface area contributed by atoms with Crippen molar-refractivity contribution in [3.63, 3.8) is 0 Å². The average molecular weight is 235 g/mol. The first-order valence-corrected chi connectivity index (χ1v) is 7.02. The van der Waals surface area contributed by atoms with Crippen LogP contribution in [0.25, 0.3) is 0 Å². The molecule has 0 aromatic heterocycles. The van der Waals surface area contributed by atoms with Gasteiger partial charge in [-0.05, 0) is 12.8 Å². The van der Waals surface area contributed by atoms with E-state index in [4.69, 9.17) is 0 Å². The van der Waals surface area contributed by atoms with Crippen LogP contribution in [0.4, 0.5) is 0 Å². The monoisotopic (exact) mass is 235 g/mol. The smallest absolute Gasteiger partial charge is 0.324 e. The highest BCUT2D eigenvalue weighted by molar-refractivity contribution is 7.53. The fourth-order valence-corrected chi connectivity index (χ4v) is 3.68. The first-order chi connectivity index (χ1) is 6.98. The van der Waals surface area contributed by atoms with E-state index in [9.17, 15) is 14.4 Å². The zero-order valence-corrected chi connectivity index (χ0v) is 10.2. The van der Waals surface area contributed by atoms with Gasteiger partial charge in [-0.15, -0.1) is 0 Å². The van der Waals surface area contributed by atoms with Crippen LogP contribution in [0.5, 0.6) is 0 Å². The normalized spacial score (nSPS) is 24.1. The van der Waals surface area contributed by atoms with E-state index in [0.29, 0.717) is 25.9 Å². The number of nitrogens with one attached hydrogen (secondary N) is 1. The van der Waals surface area contributed by atoms with Crippen LogP contribution in [0, 0.1) is 0 Å². The molecule has 0 aromatic carbocycles. The van der Waals surface area contributed by atoms with Crippen LogP contribution in [0.3, 0.4) is 0 Å². The zero-order chi connectivity index (χ0) is 11.5. The van der Waals surface area contributed by atoms with Crippen LogP contribution in [-0.2, 0) is 4.57 Å². The minimum absolute atomic E-state index is 0.262. The third-order valence-electron chi connectivity index (χ3n) is 3.40. The first-order valence-electron chi connectivity index (χ1n) is 5.41. The summed E-state index contributed by atoms with van der Waals surface area (Å²) in [4.78, 5) is 19.0. The van der Waals surface area contributed by atoms with Gasteiger partial charge in [0.05, 0.1) is 11.2 Å². The molecular formula is C9H20N2O3P. The third-order valence-corrected chi connectivity index (χ3v) is 5.49. The Bertz CT molecular complexity index is 244. The van der Waals surface area contributed by atoms with Crippen molar-refractivity contribution in [1.82, 2.24) is 10.6 Å². The van der Waals surface area contributed by atoms with Gasteiger partial charge in [0.15, 0.2) is 0 Å². The fourth-order valence-electron chi connectivity index (χ4n) is 2.29. The van der Waals surface area contributed by atoms with E-state index in [1.807, 2.05) is 13.8 Å². The highest BCUT2D eigenvalue weighted by Gasteiger charge is 2.50. The second kappa shape index (κ2) is 4.93. The molecule has 1 saturated heterocycles. The van der Waals surface area contributed by atoms with Crippen LogP contribution in [0.1, 0.15) is 26.7 Å². The molecule has 0 aliphatic carbocycles. The summed E-state index contributed by atoms with van der Waals surface area (Å²) < 4.78 is 11.6. The third kappa shape index (κ3) is 2.43.